The number of halogens is 1. The van der Waals surface area contributed by atoms with Gasteiger partial charge in [0.15, 0.2) is 0 Å². The first-order valence-electron chi connectivity index (χ1n) is 8.15. The van der Waals surface area contributed by atoms with E-state index in [9.17, 15) is 4.79 Å². The molecule has 23 heavy (non-hydrogen) atoms. The molecule has 0 saturated carbocycles. The smallest absolute Gasteiger partial charge is 0.236 e. The maximum absolute atomic E-state index is 12.0. The highest BCUT2D eigenvalue weighted by atomic mass is 35.5. The minimum atomic E-state index is 0. The van der Waals surface area contributed by atoms with Gasteiger partial charge in [-0.1, -0.05) is 24.3 Å². The minimum Gasteiger partial charge on any atom is -0.348 e. The summed E-state index contributed by atoms with van der Waals surface area (Å²) in [5.41, 5.74) is 2.83. The number of amides is 1. The third-order valence-electron chi connectivity index (χ3n) is 5.33. The maximum atomic E-state index is 12.0. The number of nitrogens with zero attached hydrogens (tertiary/aromatic N) is 3. The van der Waals surface area contributed by atoms with Gasteiger partial charge in [-0.25, -0.2) is 0 Å². The fourth-order valence-electron chi connectivity index (χ4n) is 4.20. The number of carbonyl (C=O) groups is 1. The van der Waals surface area contributed by atoms with Crippen LogP contribution >= 0.6 is 12.4 Å². The first-order chi connectivity index (χ1) is 10.5. The number of likely N-dealkylation sites (tertiary alicyclic amines) is 2. The number of carbonyl (C=O) groups excluding carboxylic acids is 1. The Bertz CT molecular complexity index is 563. The van der Waals surface area contributed by atoms with Crippen LogP contribution in [0.3, 0.4) is 0 Å². The molecule has 128 valence electrons. The molecule has 3 atom stereocenters. The van der Waals surface area contributed by atoms with Crippen LogP contribution < -0.4 is 0 Å². The average molecular weight is 338 g/mol. The van der Waals surface area contributed by atoms with E-state index in [2.05, 4.69) is 48.0 Å². The van der Waals surface area contributed by atoms with Crippen LogP contribution in [0.4, 0.5) is 0 Å². The van der Waals surface area contributed by atoms with Crippen LogP contribution in [-0.4, -0.2) is 67.9 Å². The topological polar surface area (TPSA) is 26.8 Å². The molecule has 1 amide bonds. The van der Waals surface area contributed by atoms with Crippen LogP contribution in [0.1, 0.15) is 17.2 Å². The third-order valence-corrected chi connectivity index (χ3v) is 5.33. The Labute approximate surface area is 145 Å². The molecule has 0 N–H and O–H groups in total. The Morgan fingerprint density at radius 3 is 2.57 bits per heavy atom. The molecule has 1 aromatic carbocycles. The van der Waals surface area contributed by atoms with Crippen LogP contribution in [-0.2, 0) is 4.79 Å². The number of likely N-dealkylation sites (N-methyl/N-ethyl adjacent to an activating group) is 1. The van der Waals surface area contributed by atoms with Crippen LogP contribution in [0.25, 0.3) is 0 Å². The third kappa shape index (κ3) is 3.54. The number of fused-ring (bicyclic) bond motifs is 1. The molecule has 0 bridgehead atoms. The van der Waals surface area contributed by atoms with Crippen molar-refractivity contribution in [3.8, 4) is 0 Å². The molecule has 2 aliphatic heterocycles. The first kappa shape index (κ1) is 18.2. The fourth-order valence-corrected chi connectivity index (χ4v) is 4.20. The Hall–Kier alpha value is -1.10. The zero-order valence-electron chi connectivity index (χ0n) is 14.5. The number of rotatable bonds is 3. The summed E-state index contributed by atoms with van der Waals surface area (Å²) < 4.78 is 0. The van der Waals surface area contributed by atoms with Gasteiger partial charge in [0, 0.05) is 39.8 Å². The van der Waals surface area contributed by atoms with Crippen molar-refractivity contribution in [1.29, 1.82) is 0 Å². The lowest BCUT2D eigenvalue weighted by atomic mass is 9.88. The van der Waals surface area contributed by atoms with Gasteiger partial charge in [0.05, 0.1) is 6.54 Å². The molecule has 2 saturated heterocycles. The van der Waals surface area contributed by atoms with Crippen LogP contribution in [0, 0.1) is 18.8 Å². The van der Waals surface area contributed by atoms with Gasteiger partial charge in [-0.15, -0.1) is 12.4 Å². The fraction of sp³-hybridized carbons (Fsp3) is 0.611. The number of hydrogen-bond donors (Lipinski definition) is 0. The molecule has 0 aromatic heterocycles. The van der Waals surface area contributed by atoms with E-state index in [1.165, 1.54) is 11.1 Å². The molecule has 2 fully saturated rings. The van der Waals surface area contributed by atoms with Crippen molar-refractivity contribution in [3.63, 3.8) is 0 Å². The zero-order chi connectivity index (χ0) is 15.9. The van der Waals surface area contributed by atoms with E-state index in [4.69, 9.17) is 0 Å². The number of aryl methyl sites for hydroxylation is 1. The highest BCUT2D eigenvalue weighted by Crippen LogP contribution is 2.44. The summed E-state index contributed by atoms with van der Waals surface area (Å²) in [5.74, 6) is 1.53. The van der Waals surface area contributed by atoms with Crippen LogP contribution in [0.15, 0.2) is 24.3 Å². The number of benzene rings is 1. The number of hydrogen-bond acceptors (Lipinski definition) is 3. The Balaban J connectivity index is 0.00000192. The summed E-state index contributed by atoms with van der Waals surface area (Å²) in [4.78, 5) is 18.5. The Morgan fingerprint density at radius 2 is 1.91 bits per heavy atom. The highest BCUT2D eigenvalue weighted by molar-refractivity contribution is 5.85. The van der Waals surface area contributed by atoms with E-state index in [0.717, 1.165) is 19.6 Å². The average Bonchev–Trinajstić information content (AvgIpc) is 2.95. The Kier molecular flexibility index (Phi) is 5.71. The summed E-state index contributed by atoms with van der Waals surface area (Å²) in [7, 11) is 5.91. The zero-order valence-corrected chi connectivity index (χ0v) is 15.3. The molecule has 1 aromatic rings. The monoisotopic (exact) mass is 337 g/mol. The molecular weight excluding hydrogens is 310 g/mol. The van der Waals surface area contributed by atoms with Crippen molar-refractivity contribution >= 4 is 18.3 Å². The second-order valence-electron chi connectivity index (χ2n) is 7.15. The summed E-state index contributed by atoms with van der Waals surface area (Å²) in [5, 5.41) is 0. The van der Waals surface area contributed by atoms with E-state index in [-0.39, 0.29) is 18.3 Å². The lowest BCUT2D eigenvalue weighted by Crippen LogP contribution is -2.37. The quantitative estimate of drug-likeness (QED) is 0.844. The minimum absolute atomic E-state index is 0. The molecule has 2 heterocycles. The second kappa shape index (κ2) is 7.20. The molecule has 0 radical (unpaired) electrons. The lowest BCUT2D eigenvalue weighted by Gasteiger charge is -2.28. The van der Waals surface area contributed by atoms with Crippen molar-refractivity contribution in [1.82, 2.24) is 14.7 Å². The molecule has 5 heteroatoms. The largest absolute Gasteiger partial charge is 0.348 e. The maximum Gasteiger partial charge on any atom is 0.236 e. The molecule has 0 aliphatic carbocycles. The highest BCUT2D eigenvalue weighted by Gasteiger charge is 2.46. The van der Waals surface area contributed by atoms with Gasteiger partial charge in [0.1, 0.15) is 0 Å². The van der Waals surface area contributed by atoms with Crippen molar-refractivity contribution in [3.05, 3.63) is 35.4 Å². The predicted octanol–water partition coefficient (Wildman–Crippen LogP) is 2.04. The molecule has 0 spiro atoms. The predicted molar refractivity (Wildman–Crippen MR) is 95.9 cm³/mol. The van der Waals surface area contributed by atoms with Gasteiger partial charge in [-0.3, -0.25) is 14.6 Å². The van der Waals surface area contributed by atoms with E-state index >= 15 is 0 Å². The van der Waals surface area contributed by atoms with Gasteiger partial charge < -0.3 is 4.90 Å². The van der Waals surface area contributed by atoms with Crippen molar-refractivity contribution in [2.75, 3.05) is 47.3 Å². The summed E-state index contributed by atoms with van der Waals surface area (Å²) in [6.07, 6.45) is 0. The van der Waals surface area contributed by atoms with Gasteiger partial charge in [-0.2, -0.15) is 0 Å². The first-order valence-corrected chi connectivity index (χ1v) is 8.15. The van der Waals surface area contributed by atoms with Crippen molar-refractivity contribution in [2.45, 2.75) is 13.0 Å². The Morgan fingerprint density at radius 1 is 1.22 bits per heavy atom. The van der Waals surface area contributed by atoms with E-state index < -0.39 is 0 Å². The van der Waals surface area contributed by atoms with Gasteiger partial charge in [-0.05, 0) is 36.9 Å². The normalized spacial score (nSPS) is 27.6. The molecule has 3 rings (SSSR count). The second-order valence-corrected chi connectivity index (χ2v) is 7.15. The lowest BCUT2D eigenvalue weighted by molar-refractivity contribution is -0.129. The molecular formula is C18H28ClN3O. The standard InChI is InChI=1S/C18H27N3O.ClH/c1-13-7-5-6-8-15(13)18-16-11-21(12-17(22)19(2)3)10-14(16)9-20(18)4;/h5-8,14,16,18H,9-12H2,1-4H3;1H/t14-,16+,18-;/m0./s1. The summed E-state index contributed by atoms with van der Waals surface area (Å²) in [6.45, 7) is 5.99. The van der Waals surface area contributed by atoms with Crippen LogP contribution in [0.2, 0.25) is 0 Å². The van der Waals surface area contributed by atoms with Crippen molar-refractivity contribution < 1.29 is 4.79 Å². The molecule has 0 unspecified atom stereocenters. The summed E-state index contributed by atoms with van der Waals surface area (Å²) >= 11 is 0. The van der Waals surface area contributed by atoms with E-state index in [1.807, 2.05) is 14.1 Å². The van der Waals surface area contributed by atoms with E-state index in [0.29, 0.717) is 24.4 Å². The SMILES string of the molecule is Cc1ccccc1[C@H]1[C@@H]2CN(CC(=O)N(C)C)C[C@@H]2CN1C.Cl. The van der Waals surface area contributed by atoms with Gasteiger partial charge >= 0.3 is 0 Å². The van der Waals surface area contributed by atoms with Crippen LogP contribution in [0.5, 0.6) is 0 Å². The molecule has 4 nitrogen and oxygen atoms in total. The van der Waals surface area contributed by atoms with Crippen molar-refractivity contribution in [2.24, 2.45) is 11.8 Å². The van der Waals surface area contributed by atoms with E-state index in [1.54, 1.807) is 4.90 Å². The van der Waals surface area contributed by atoms with Gasteiger partial charge in [0.25, 0.3) is 0 Å². The summed E-state index contributed by atoms with van der Waals surface area (Å²) in [6, 6.07) is 9.23. The molecule has 2 aliphatic rings. The van der Waals surface area contributed by atoms with Gasteiger partial charge in [0.2, 0.25) is 5.91 Å².